The molecule has 0 unspecified atom stereocenters. The predicted molar refractivity (Wildman–Crippen MR) is 125 cm³/mol. The second-order valence-electron chi connectivity index (χ2n) is 8.48. The van der Waals surface area contributed by atoms with Crippen LogP contribution in [0.4, 0.5) is 0 Å². The van der Waals surface area contributed by atoms with Crippen LogP contribution >= 0.6 is 0 Å². The Bertz CT molecular complexity index is 1050. The third kappa shape index (κ3) is 5.85. The minimum Gasteiger partial charge on any atom is -0.394 e. The number of nitrogens with zero attached hydrogens (tertiary/aromatic N) is 3. The molecule has 3 heterocycles. The third-order valence-electron chi connectivity index (χ3n) is 5.85. The standard InChI is InChI=1S/C26H30N4O2/c1-30-13-3-6-25(32)24(18-31)28-16-21-5-2-4-20(14-21)15-26-27-12-11-23(29-26)22-9-7-19(17-30)8-10-22/h2,4-5,7-12,14,24,28,31H,3,6,13,15-18H2,1H3/t24-/m0/s1. The lowest BCUT2D eigenvalue weighted by Gasteiger charge is -2.19. The Morgan fingerprint density at radius 3 is 2.72 bits per heavy atom. The summed E-state index contributed by atoms with van der Waals surface area (Å²) in [7, 11) is 2.07. The number of hydrogen-bond acceptors (Lipinski definition) is 6. The normalized spacial score (nSPS) is 18.4. The van der Waals surface area contributed by atoms with Crippen LogP contribution in [0.5, 0.6) is 0 Å². The first-order valence-corrected chi connectivity index (χ1v) is 11.2. The van der Waals surface area contributed by atoms with Gasteiger partial charge in [-0.1, -0.05) is 48.5 Å². The number of rotatable bonds is 1. The van der Waals surface area contributed by atoms with Gasteiger partial charge in [0.2, 0.25) is 0 Å². The van der Waals surface area contributed by atoms with E-state index in [-0.39, 0.29) is 12.4 Å². The summed E-state index contributed by atoms with van der Waals surface area (Å²) >= 11 is 0. The van der Waals surface area contributed by atoms with E-state index in [4.69, 9.17) is 4.98 Å². The number of aromatic nitrogens is 2. The van der Waals surface area contributed by atoms with Gasteiger partial charge in [-0.15, -0.1) is 0 Å². The summed E-state index contributed by atoms with van der Waals surface area (Å²) in [5, 5.41) is 12.9. The number of fused-ring (bicyclic) bond motifs is 10. The molecule has 0 amide bonds. The molecule has 2 aliphatic heterocycles. The van der Waals surface area contributed by atoms with Crippen molar-refractivity contribution in [2.75, 3.05) is 20.2 Å². The van der Waals surface area contributed by atoms with Gasteiger partial charge in [-0.05, 0) is 42.8 Å². The maximum absolute atomic E-state index is 12.6. The zero-order chi connectivity index (χ0) is 22.3. The lowest BCUT2D eigenvalue weighted by Crippen LogP contribution is -2.39. The van der Waals surface area contributed by atoms with E-state index in [2.05, 4.69) is 58.6 Å². The first-order valence-electron chi connectivity index (χ1n) is 11.2. The fourth-order valence-corrected chi connectivity index (χ4v) is 4.07. The van der Waals surface area contributed by atoms with Gasteiger partial charge in [0.1, 0.15) is 5.82 Å². The van der Waals surface area contributed by atoms with Gasteiger partial charge in [-0.25, -0.2) is 9.97 Å². The van der Waals surface area contributed by atoms with Crippen molar-refractivity contribution in [3.05, 3.63) is 83.3 Å². The van der Waals surface area contributed by atoms with Crippen molar-refractivity contribution in [1.29, 1.82) is 0 Å². The van der Waals surface area contributed by atoms with Crippen molar-refractivity contribution >= 4 is 5.78 Å². The molecule has 0 saturated heterocycles. The van der Waals surface area contributed by atoms with Gasteiger partial charge in [0, 0.05) is 37.7 Å². The van der Waals surface area contributed by atoms with Crippen molar-refractivity contribution < 1.29 is 9.90 Å². The zero-order valence-corrected chi connectivity index (χ0v) is 18.5. The molecule has 2 aromatic carbocycles. The Morgan fingerprint density at radius 1 is 1.09 bits per heavy atom. The molecular formula is C26H30N4O2. The van der Waals surface area contributed by atoms with Crippen molar-refractivity contribution in [3.8, 4) is 11.3 Å². The number of carbonyl (C=O) groups excluding carboxylic acids is 1. The Balaban J connectivity index is 1.62. The number of nitrogens with one attached hydrogen (secondary N) is 1. The highest BCUT2D eigenvalue weighted by Crippen LogP contribution is 2.19. The van der Waals surface area contributed by atoms with Gasteiger partial charge in [0.05, 0.1) is 18.3 Å². The fourth-order valence-electron chi connectivity index (χ4n) is 4.07. The maximum atomic E-state index is 12.6. The van der Waals surface area contributed by atoms with Gasteiger partial charge >= 0.3 is 0 Å². The summed E-state index contributed by atoms with van der Waals surface area (Å²) in [6.45, 7) is 1.97. The first-order chi connectivity index (χ1) is 15.6. The van der Waals surface area contributed by atoms with Crippen LogP contribution < -0.4 is 5.32 Å². The summed E-state index contributed by atoms with van der Waals surface area (Å²) in [4.78, 5) is 24.1. The third-order valence-corrected chi connectivity index (χ3v) is 5.85. The van der Waals surface area contributed by atoms with E-state index < -0.39 is 6.04 Å². The number of Topliss-reactive ketones (excluding diaryl/α,β-unsaturated/α-hetero) is 1. The summed E-state index contributed by atoms with van der Waals surface area (Å²) in [6.07, 6.45) is 3.67. The Hall–Kier alpha value is -2.93. The van der Waals surface area contributed by atoms with Crippen LogP contribution in [0.3, 0.4) is 0 Å². The lowest BCUT2D eigenvalue weighted by molar-refractivity contribution is -0.122. The van der Waals surface area contributed by atoms with Crippen LogP contribution in [-0.2, 0) is 24.3 Å². The Labute approximate surface area is 189 Å². The average molecular weight is 431 g/mol. The first kappa shape index (κ1) is 22.3. The van der Waals surface area contributed by atoms with Crippen LogP contribution in [0.25, 0.3) is 11.3 Å². The van der Waals surface area contributed by atoms with E-state index in [1.807, 2.05) is 24.4 Å². The van der Waals surface area contributed by atoms with E-state index in [0.29, 0.717) is 19.4 Å². The highest BCUT2D eigenvalue weighted by molar-refractivity contribution is 5.84. The molecule has 1 aromatic heterocycles. The molecule has 6 bridgehead atoms. The van der Waals surface area contributed by atoms with Crippen LogP contribution in [0.1, 0.15) is 35.4 Å². The molecule has 0 fully saturated rings. The number of carbonyl (C=O) groups is 1. The molecule has 3 aromatic rings. The van der Waals surface area contributed by atoms with Crippen LogP contribution in [-0.4, -0.2) is 52.0 Å². The smallest absolute Gasteiger partial charge is 0.152 e. The van der Waals surface area contributed by atoms with Crippen LogP contribution in [0.15, 0.2) is 60.8 Å². The summed E-state index contributed by atoms with van der Waals surface area (Å²) in [5.74, 6) is 0.829. The van der Waals surface area contributed by atoms with Crippen molar-refractivity contribution in [2.24, 2.45) is 0 Å². The van der Waals surface area contributed by atoms with Gasteiger partial charge in [-0.2, -0.15) is 0 Å². The molecule has 2 N–H and O–H groups in total. The minimum absolute atomic E-state index is 0.0565. The molecule has 1 atom stereocenters. The molecule has 6 nitrogen and oxygen atoms in total. The van der Waals surface area contributed by atoms with Crippen LogP contribution in [0, 0.1) is 0 Å². The number of ketones is 1. The Morgan fingerprint density at radius 2 is 1.91 bits per heavy atom. The quantitative estimate of drug-likeness (QED) is 0.618. The molecule has 0 aliphatic carbocycles. The summed E-state index contributed by atoms with van der Waals surface area (Å²) < 4.78 is 0. The van der Waals surface area contributed by atoms with E-state index in [0.717, 1.165) is 47.7 Å². The number of hydrogen-bond donors (Lipinski definition) is 2. The van der Waals surface area contributed by atoms with E-state index in [1.54, 1.807) is 0 Å². The minimum atomic E-state index is -0.540. The van der Waals surface area contributed by atoms with Gasteiger partial charge in [0.25, 0.3) is 0 Å². The predicted octanol–water partition coefficient (Wildman–Crippen LogP) is 2.98. The van der Waals surface area contributed by atoms with E-state index in [9.17, 15) is 9.90 Å². The monoisotopic (exact) mass is 430 g/mol. The van der Waals surface area contributed by atoms with Crippen molar-refractivity contribution in [2.45, 2.75) is 38.4 Å². The maximum Gasteiger partial charge on any atom is 0.152 e. The largest absolute Gasteiger partial charge is 0.394 e. The second kappa shape index (κ2) is 10.6. The molecule has 32 heavy (non-hydrogen) atoms. The highest BCUT2D eigenvalue weighted by atomic mass is 16.3. The van der Waals surface area contributed by atoms with Gasteiger partial charge in [-0.3, -0.25) is 4.79 Å². The molecule has 0 spiro atoms. The van der Waals surface area contributed by atoms with E-state index in [1.165, 1.54) is 5.56 Å². The molecule has 6 heteroatoms. The molecule has 5 rings (SSSR count). The summed E-state index contributed by atoms with van der Waals surface area (Å²) in [5.41, 5.74) is 5.40. The lowest BCUT2D eigenvalue weighted by atomic mass is 10.0. The summed E-state index contributed by atoms with van der Waals surface area (Å²) in [6, 6.07) is 18.1. The second-order valence-corrected chi connectivity index (χ2v) is 8.48. The van der Waals surface area contributed by atoms with Gasteiger partial charge < -0.3 is 15.3 Å². The number of aliphatic hydroxyl groups excluding tert-OH is 1. The SMILES string of the molecule is CN1CCCC(=O)[C@H](CO)NCc2cccc(c2)Cc2nccc(n2)-c2ccc(cc2)C1. The van der Waals surface area contributed by atoms with E-state index >= 15 is 0 Å². The molecule has 2 aliphatic rings. The average Bonchev–Trinajstić information content (AvgIpc) is 2.80. The Kier molecular flexibility index (Phi) is 7.37. The van der Waals surface area contributed by atoms with Crippen LogP contribution in [0.2, 0.25) is 0 Å². The molecule has 0 radical (unpaired) electrons. The molecule has 166 valence electrons. The number of aliphatic hydroxyl groups is 1. The zero-order valence-electron chi connectivity index (χ0n) is 18.5. The van der Waals surface area contributed by atoms with Gasteiger partial charge in [0.15, 0.2) is 5.78 Å². The fraction of sp³-hybridized carbons (Fsp3) is 0.346. The topological polar surface area (TPSA) is 78.4 Å². The van der Waals surface area contributed by atoms with Crippen molar-refractivity contribution in [3.63, 3.8) is 0 Å². The highest BCUT2D eigenvalue weighted by Gasteiger charge is 2.17. The molecule has 0 saturated carbocycles. The molecular weight excluding hydrogens is 400 g/mol. The van der Waals surface area contributed by atoms with Crippen molar-refractivity contribution in [1.82, 2.24) is 20.2 Å². The number of benzene rings is 2.